The zero-order valence-electron chi connectivity index (χ0n) is 36.4. The predicted octanol–water partition coefficient (Wildman–Crippen LogP) is 13.1. The first-order valence-corrected chi connectivity index (χ1v) is 19.3. The van der Waals surface area contributed by atoms with Gasteiger partial charge >= 0.3 is 0 Å². The Morgan fingerprint density at radius 1 is 0.362 bits per heavy atom. The van der Waals surface area contributed by atoms with E-state index in [4.69, 9.17) is 14.2 Å². The Morgan fingerprint density at radius 3 is 1.04 bits per heavy atom. The summed E-state index contributed by atoms with van der Waals surface area (Å²) in [5, 5.41) is 0. The van der Waals surface area contributed by atoms with Gasteiger partial charge in [0, 0.05) is 5.92 Å². The first kappa shape index (κ1) is 43.0. The molecule has 0 aromatic carbocycles. The van der Waals surface area contributed by atoms with Gasteiger partial charge in [0.05, 0.1) is 24.4 Å². The molecule has 0 N–H and O–H groups in total. The van der Waals surface area contributed by atoms with Gasteiger partial charge in [-0.3, -0.25) is 0 Å². The maximum absolute atomic E-state index is 7.84. The molecule has 0 saturated carbocycles. The average molecular weight is 663 g/mol. The van der Waals surface area contributed by atoms with Crippen molar-refractivity contribution < 1.29 is 14.2 Å². The fourth-order valence-corrected chi connectivity index (χ4v) is 9.82. The van der Waals surface area contributed by atoms with E-state index < -0.39 is 0 Å². The van der Waals surface area contributed by atoms with Crippen molar-refractivity contribution in [3.63, 3.8) is 0 Å². The molecule has 0 aromatic heterocycles. The van der Waals surface area contributed by atoms with Crippen molar-refractivity contribution in [2.24, 2.45) is 72.9 Å². The quantitative estimate of drug-likeness (QED) is 0.300. The zero-order chi connectivity index (χ0) is 37.3. The third kappa shape index (κ3) is 10.9. The predicted molar refractivity (Wildman–Crippen MR) is 205 cm³/mol. The molecule has 2 saturated heterocycles. The van der Waals surface area contributed by atoms with Gasteiger partial charge < -0.3 is 14.2 Å². The fourth-order valence-electron chi connectivity index (χ4n) is 9.82. The molecule has 2 fully saturated rings. The van der Waals surface area contributed by atoms with Gasteiger partial charge in [-0.25, -0.2) is 0 Å². The second-order valence-electron chi connectivity index (χ2n) is 25.1. The van der Waals surface area contributed by atoms with Crippen molar-refractivity contribution in [3.05, 3.63) is 0 Å². The number of rotatable bonds is 4. The molecule has 2 rings (SSSR count). The average Bonchev–Trinajstić information content (AvgIpc) is 2.72. The molecule has 0 amide bonds. The Hall–Kier alpha value is -0.120. The zero-order valence-corrected chi connectivity index (χ0v) is 36.4. The summed E-state index contributed by atoms with van der Waals surface area (Å²) in [5.74, 6) is 1.68. The molecule has 3 heteroatoms. The van der Waals surface area contributed by atoms with Crippen molar-refractivity contribution in [1.82, 2.24) is 0 Å². The van der Waals surface area contributed by atoms with E-state index >= 15 is 0 Å². The summed E-state index contributed by atoms with van der Waals surface area (Å²) in [5.41, 5.74) is 0.471. The van der Waals surface area contributed by atoms with Crippen LogP contribution in [-0.2, 0) is 14.2 Å². The summed E-state index contributed by atoms with van der Waals surface area (Å²) >= 11 is 0. The molecule has 2 aliphatic heterocycles. The molecule has 3 nitrogen and oxygen atoms in total. The first-order valence-electron chi connectivity index (χ1n) is 19.3. The molecule has 0 radical (unpaired) electrons. The number of hydrogen-bond acceptors (Lipinski definition) is 3. The Labute approximate surface area is 296 Å². The lowest BCUT2D eigenvalue weighted by atomic mass is 9.52. The summed E-state index contributed by atoms with van der Waals surface area (Å²) in [6.45, 7) is 58.0. The summed E-state index contributed by atoms with van der Waals surface area (Å²) in [6.07, 6.45) is 1.82. The van der Waals surface area contributed by atoms with Crippen LogP contribution < -0.4 is 0 Å². The van der Waals surface area contributed by atoms with Crippen LogP contribution in [0.4, 0.5) is 0 Å². The van der Waals surface area contributed by atoms with Gasteiger partial charge in [-0.15, -0.1) is 0 Å². The Morgan fingerprint density at radius 2 is 0.723 bits per heavy atom. The highest BCUT2D eigenvalue weighted by Gasteiger charge is 2.61. The number of hydrogen-bond donors (Lipinski definition) is 0. The SMILES string of the molecule is CC(C)(C)CC1OC(C(C)(C)C)C(C(C)(C)C)C(C(C)(C)C)C1OC1OC(CC(C)(C)C)C(C(C)(C)C)C(C(C)(C)C)C1C(C)(C)C. The minimum Gasteiger partial charge on any atom is -0.371 e. The van der Waals surface area contributed by atoms with Crippen LogP contribution in [0, 0.1) is 72.9 Å². The van der Waals surface area contributed by atoms with E-state index in [9.17, 15) is 0 Å². The summed E-state index contributed by atoms with van der Waals surface area (Å²) < 4.78 is 22.8. The van der Waals surface area contributed by atoms with Crippen LogP contribution in [0.25, 0.3) is 0 Å². The van der Waals surface area contributed by atoms with Gasteiger partial charge in [0.25, 0.3) is 0 Å². The van der Waals surface area contributed by atoms with E-state index in [0.29, 0.717) is 23.7 Å². The number of ether oxygens (including phenoxy) is 3. The van der Waals surface area contributed by atoms with Crippen molar-refractivity contribution in [2.75, 3.05) is 0 Å². The molecule has 0 bridgehead atoms. The van der Waals surface area contributed by atoms with E-state index in [-0.39, 0.29) is 79.9 Å². The lowest BCUT2D eigenvalue weighted by Crippen LogP contribution is -2.65. The maximum Gasteiger partial charge on any atom is 0.162 e. The van der Waals surface area contributed by atoms with Gasteiger partial charge in [-0.1, -0.05) is 166 Å². The van der Waals surface area contributed by atoms with E-state index in [1.807, 2.05) is 0 Å². The molecule has 10 unspecified atom stereocenters. The standard InChI is InChI=1S/C44H86O3/c1-37(2,3)25-27-29(39(7,8)9)30(40(10,11)12)33(43(19,20)21)36(46-27)47-34-28(26-38(4,5)6)45-35(44(22,23)24)32(42(16,17)18)31(34)41(13,14)15/h27-36H,25-26H2,1-24H3. The van der Waals surface area contributed by atoms with E-state index in [0.717, 1.165) is 12.8 Å². The van der Waals surface area contributed by atoms with Crippen LogP contribution in [0.2, 0.25) is 0 Å². The van der Waals surface area contributed by atoms with Crippen molar-refractivity contribution in [1.29, 1.82) is 0 Å². The minimum atomic E-state index is -0.308. The maximum atomic E-state index is 7.84. The molecule has 2 aliphatic rings. The van der Waals surface area contributed by atoms with Crippen LogP contribution in [0.1, 0.15) is 179 Å². The monoisotopic (exact) mass is 663 g/mol. The van der Waals surface area contributed by atoms with Gasteiger partial charge in [0.1, 0.15) is 0 Å². The van der Waals surface area contributed by atoms with Gasteiger partial charge in [-0.2, -0.15) is 0 Å². The van der Waals surface area contributed by atoms with E-state index in [1.165, 1.54) is 0 Å². The molecule has 0 aromatic rings. The highest BCUT2D eigenvalue weighted by molar-refractivity contribution is 5.07. The first-order chi connectivity index (χ1) is 20.4. The molecule has 0 spiro atoms. The summed E-state index contributed by atoms with van der Waals surface area (Å²) in [4.78, 5) is 0. The van der Waals surface area contributed by atoms with Crippen LogP contribution in [0.3, 0.4) is 0 Å². The Bertz CT molecular complexity index is 998. The van der Waals surface area contributed by atoms with Crippen molar-refractivity contribution >= 4 is 0 Å². The lowest BCUT2D eigenvalue weighted by Gasteiger charge is -2.62. The second kappa shape index (κ2) is 13.5. The normalized spacial score (nSPS) is 34.5. The second-order valence-corrected chi connectivity index (χ2v) is 25.1. The van der Waals surface area contributed by atoms with Gasteiger partial charge in [0.2, 0.25) is 0 Å². The smallest absolute Gasteiger partial charge is 0.162 e. The molecule has 280 valence electrons. The molecular weight excluding hydrogens is 576 g/mol. The Kier molecular flexibility index (Phi) is 12.3. The topological polar surface area (TPSA) is 27.7 Å². The minimum absolute atomic E-state index is 0.00684. The fraction of sp³-hybridized carbons (Fsp3) is 1.00. The largest absolute Gasteiger partial charge is 0.371 e. The van der Waals surface area contributed by atoms with Crippen LogP contribution in [-0.4, -0.2) is 30.7 Å². The third-order valence-electron chi connectivity index (χ3n) is 11.3. The molecule has 47 heavy (non-hydrogen) atoms. The lowest BCUT2D eigenvalue weighted by molar-refractivity contribution is -0.349. The van der Waals surface area contributed by atoms with Gasteiger partial charge in [0.15, 0.2) is 6.29 Å². The molecule has 2 heterocycles. The molecule has 0 aliphatic carbocycles. The Balaban J connectivity index is 2.95. The third-order valence-corrected chi connectivity index (χ3v) is 11.3. The summed E-state index contributed by atoms with van der Waals surface area (Å²) in [6, 6.07) is 0. The molecular formula is C44H86O3. The summed E-state index contributed by atoms with van der Waals surface area (Å²) in [7, 11) is 0. The van der Waals surface area contributed by atoms with Gasteiger partial charge in [-0.05, 0) is 79.8 Å². The van der Waals surface area contributed by atoms with Crippen LogP contribution in [0.5, 0.6) is 0 Å². The van der Waals surface area contributed by atoms with E-state index in [2.05, 4.69) is 166 Å². The van der Waals surface area contributed by atoms with Crippen molar-refractivity contribution in [2.45, 2.75) is 210 Å². The van der Waals surface area contributed by atoms with Crippen LogP contribution in [0.15, 0.2) is 0 Å². The van der Waals surface area contributed by atoms with Crippen molar-refractivity contribution in [3.8, 4) is 0 Å². The highest BCUT2D eigenvalue weighted by atomic mass is 16.7. The van der Waals surface area contributed by atoms with E-state index in [1.54, 1.807) is 0 Å². The van der Waals surface area contributed by atoms with Crippen LogP contribution >= 0.6 is 0 Å². The highest BCUT2D eigenvalue weighted by Crippen LogP contribution is 2.60. The molecule has 10 atom stereocenters.